The van der Waals surface area contributed by atoms with Gasteiger partial charge in [-0.3, -0.25) is 0 Å². The maximum Gasteiger partial charge on any atom is 0.167 e. The molecular weight excluding hydrogens is 387 g/mol. The van der Waals surface area contributed by atoms with Gasteiger partial charge in [-0.1, -0.05) is 6.08 Å². The van der Waals surface area contributed by atoms with Crippen molar-refractivity contribution in [1.29, 1.82) is 0 Å². The first-order valence-electron chi connectivity index (χ1n) is 8.59. The van der Waals surface area contributed by atoms with Crippen LogP contribution in [0.25, 0.3) is 0 Å². The van der Waals surface area contributed by atoms with Crippen LogP contribution in [-0.2, 0) is 0 Å². The highest BCUT2D eigenvalue weighted by atomic mass is 35.5. The average molecular weight is 423 g/mol. The Bertz CT molecular complexity index is 317. The number of aliphatic hydroxyl groups is 6. The Kier molecular flexibility index (Phi) is 21.7. The first-order chi connectivity index (χ1) is 11.6. The lowest BCUT2D eigenvalue weighted by Gasteiger charge is -2.46. The van der Waals surface area contributed by atoms with Gasteiger partial charge in [-0.2, -0.15) is 0 Å². The van der Waals surface area contributed by atoms with Crippen molar-refractivity contribution in [1.82, 2.24) is 0 Å². The van der Waals surface area contributed by atoms with E-state index in [9.17, 15) is 30.6 Å². The Hall–Kier alpha value is 0. The SMILES string of the molecule is C/C=C/C(C(CO)[NH+](CCO)CCO)[N+](CCO)(CCO)CCO.[Cl-].[Cl-]. The normalized spacial score (nSPS) is 14.2. The van der Waals surface area contributed by atoms with Crippen LogP contribution in [0, 0.1) is 0 Å². The molecular formula is C16H36Cl2N2O6. The lowest BCUT2D eigenvalue weighted by atomic mass is 10.00. The molecule has 0 radical (unpaired) electrons. The lowest BCUT2D eigenvalue weighted by Crippen LogP contribution is -3.19. The second-order valence-corrected chi connectivity index (χ2v) is 5.97. The molecule has 0 heterocycles. The zero-order chi connectivity index (χ0) is 18.4. The van der Waals surface area contributed by atoms with Gasteiger partial charge in [0.1, 0.15) is 39.3 Å². The van der Waals surface area contributed by atoms with E-state index in [0.29, 0.717) is 32.7 Å². The number of rotatable bonds is 15. The van der Waals surface area contributed by atoms with Crippen LogP contribution in [0.5, 0.6) is 0 Å². The molecule has 0 saturated carbocycles. The highest BCUT2D eigenvalue weighted by Gasteiger charge is 2.43. The molecule has 7 N–H and O–H groups in total. The van der Waals surface area contributed by atoms with Crippen LogP contribution in [0.4, 0.5) is 0 Å². The number of hydrogen-bond acceptors (Lipinski definition) is 6. The van der Waals surface area contributed by atoms with E-state index in [1.165, 1.54) is 0 Å². The summed E-state index contributed by atoms with van der Waals surface area (Å²) in [5.74, 6) is 0. The predicted molar refractivity (Wildman–Crippen MR) is 90.5 cm³/mol. The maximum atomic E-state index is 10.00. The van der Waals surface area contributed by atoms with Gasteiger partial charge in [-0.25, -0.2) is 0 Å². The number of nitrogens with zero attached hydrogens (tertiary/aromatic N) is 1. The fourth-order valence-corrected chi connectivity index (χ4v) is 3.54. The van der Waals surface area contributed by atoms with Gasteiger partial charge < -0.3 is 64.8 Å². The predicted octanol–water partition coefficient (Wildman–Crippen LogP) is -10.0. The van der Waals surface area contributed by atoms with E-state index in [-0.39, 0.29) is 81.0 Å². The Labute approximate surface area is 168 Å². The van der Waals surface area contributed by atoms with Gasteiger partial charge in [-0.05, 0) is 13.0 Å². The van der Waals surface area contributed by atoms with E-state index < -0.39 is 0 Å². The number of quaternary nitrogens is 2. The van der Waals surface area contributed by atoms with Crippen LogP contribution in [0.2, 0.25) is 0 Å². The van der Waals surface area contributed by atoms with E-state index in [1.807, 2.05) is 19.1 Å². The first kappa shape index (κ1) is 30.7. The molecule has 0 saturated heterocycles. The van der Waals surface area contributed by atoms with Crippen molar-refractivity contribution in [2.24, 2.45) is 0 Å². The molecule has 0 aliphatic carbocycles. The zero-order valence-corrected chi connectivity index (χ0v) is 17.0. The number of allylic oxidation sites excluding steroid dienone is 1. The van der Waals surface area contributed by atoms with Crippen LogP contribution < -0.4 is 29.7 Å². The quantitative estimate of drug-likeness (QED) is 0.104. The molecule has 0 spiro atoms. The fraction of sp³-hybridized carbons (Fsp3) is 0.875. The molecule has 0 amide bonds. The molecule has 160 valence electrons. The van der Waals surface area contributed by atoms with Crippen molar-refractivity contribution in [2.75, 3.05) is 72.4 Å². The monoisotopic (exact) mass is 422 g/mol. The molecule has 0 rings (SSSR count). The minimum atomic E-state index is -0.342. The summed E-state index contributed by atoms with van der Waals surface area (Å²) in [5, 5.41) is 57.2. The summed E-state index contributed by atoms with van der Waals surface area (Å²) in [6.07, 6.45) is 3.76. The third kappa shape index (κ3) is 9.27. The standard InChI is InChI=1S/C16H35N2O6.2ClH/c1-2-3-16(15(14-24)17(4-9-19)5-10-20)18(6-11-21,7-12-22)8-13-23;;/h2-3,15-16,19-24H,4-14H2,1H3;2*1H/q+1;;/p-1/b3-2+;;. The van der Waals surface area contributed by atoms with E-state index in [2.05, 4.69) is 0 Å². The molecule has 10 heteroatoms. The van der Waals surface area contributed by atoms with Crippen molar-refractivity contribution < 1.29 is 64.8 Å². The molecule has 0 aromatic heterocycles. The molecule has 0 bridgehead atoms. The third-order valence-electron chi connectivity index (χ3n) is 4.66. The van der Waals surface area contributed by atoms with Crippen molar-refractivity contribution >= 4 is 0 Å². The third-order valence-corrected chi connectivity index (χ3v) is 4.66. The van der Waals surface area contributed by atoms with Crippen LogP contribution >= 0.6 is 0 Å². The first-order valence-corrected chi connectivity index (χ1v) is 8.59. The Morgan fingerprint density at radius 2 is 1.19 bits per heavy atom. The number of hydrogen-bond donors (Lipinski definition) is 7. The van der Waals surface area contributed by atoms with Crippen molar-refractivity contribution in [3.63, 3.8) is 0 Å². The van der Waals surface area contributed by atoms with E-state index in [4.69, 9.17) is 0 Å². The topological polar surface area (TPSA) is 126 Å². The molecule has 0 aromatic carbocycles. The van der Waals surface area contributed by atoms with E-state index in [1.54, 1.807) is 0 Å². The summed E-state index contributed by atoms with van der Waals surface area (Å²) >= 11 is 0. The van der Waals surface area contributed by atoms with E-state index >= 15 is 0 Å². The number of aliphatic hydroxyl groups excluding tert-OH is 6. The summed E-state index contributed by atoms with van der Waals surface area (Å²) in [6, 6.07) is -0.621. The number of nitrogens with one attached hydrogen (secondary N) is 1. The van der Waals surface area contributed by atoms with Gasteiger partial charge in [0.15, 0.2) is 12.1 Å². The fourth-order valence-electron chi connectivity index (χ4n) is 3.54. The zero-order valence-electron chi connectivity index (χ0n) is 15.5. The molecule has 0 fully saturated rings. The molecule has 26 heavy (non-hydrogen) atoms. The minimum Gasteiger partial charge on any atom is -1.00 e. The summed E-state index contributed by atoms with van der Waals surface area (Å²) < 4.78 is 0.236. The molecule has 2 unspecified atom stereocenters. The smallest absolute Gasteiger partial charge is 0.167 e. The second-order valence-electron chi connectivity index (χ2n) is 5.97. The van der Waals surface area contributed by atoms with Crippen LogP contribution in [-0.4, -0.2) is 120 Å². The lowest BCUT2D eigenvalue weighted by molar-refractivity contribution is -1.00. The molecule has 0 aliphatic heterocycles. The van der Waals surface area contributed by atoms with Gasteiger partial charge in [0.25, 0.3) is 0 Å². The van der Waals surface area contributed by atoms with Gasteiger partial charge in [0, 0.05) is 0 Å². The molecule has 0 aliphatic rings. The van der Waals surface area contributed by atoms with Crippen LogP contribution in [0.1, 0.15) is 6.92 Å². The van der Waals surface area contributed by atoms with Gasteiger partial charge in [0.05, 0.1) is 33.0 Å². The summed E-state index contributed by atoms with van der Waals surface area (Å²) in [6.45, 7) is 2.94. The Morgan fingerprint density at radius 3 is 1.46 bits per heavy atom. The Morgan fingerprint density at radius 1 is 0.769 bits per heavy atom. The van der Waals surface area contributed by atoms with Crippen molar-refractivity contribution in [2.45, 2.75) is 19.0 Å². The molecule has 8 nitrogen and oxygen atoms in total. The second kappa shape index (κ2) is 18.4. The average Bonchev–Trinajstić information content (AvgIpc) is 2.55. The number of halogens is 2. The highest BCUT2D eigenvalue weighted by Crippen LogP contribution is 2.18. The van der Waals surface area contributed by atoms with Crippen LogP contribution in [0.3, 0.4) is 0 Å². The van der Waals surface area contributed by atoms with Gasteiger partial charge in [-0.15, -0.1) is 0 Å². The minimum absolute atomic E-state index is 0. The Balaban J connectivity index is -0.00000264. The largest absolute Gasteiger partial charge is 1.00 e. The maximum absolute atomic E-state index is 10.00. The van der Waals surface area contributed by atoms with Gasteiger partial charge >= 0.3 is 0 Å². The highest BCUT2D eigenvalue weighted by molar-refractivity contribution is 4.92. The summed E-state index contributed by atoms with van der Waals surface area (Å²) in [5.41, 5.74) is 0. The van der Waals surface area contributed by atoms with Crippen LogP contribution in [0.15, 0.2) is 12.2 Å². The van der Waals surface area contributed by atoms with Crippen molar-refractivity contribution in [3.05, 3.63) is 12.2 Å². The van der Waals surface area contributed by atoms with E-state index in [0.717, 1.165) is 4.90 Å². The summed E-state index contributed by atoms with van der Waals surface area (Å²) in [7, 11) is 0. The molecule has 2 atom stereocenters. The molecule has 0 aromatic rings. The summed E-state index contributed by atoms with van der Waals surface area (Å²) in [4.78, 5) is 0.849. The van der Waals surface area contributed by atoms with Gasteiger partial charge in [0.2, 0.25) is 0 Å². The van der Waals surface area contributed by atoms with Crippen molar-refractivity contribution in [3.8, 4) is 0 Å².